The molecule has 1 aliphatic rings. The third kappa shape index (κ3) is 4.50. The molecule has 0 bridgehead atoms. The van der Waals surface area contributed by atoms with E-state index in [1.165, 1.54) is 0 Å². The Labute approximate surface area is 190 Å². The molecule has 9 heteroatoms. The van der Waals surface area contributed by atoms with Gasteiger partial charge in [-0.25, -0.2) is 14.8 Å². The number of rotatable bonds is 6. The van der Waals surface area contributed by atoms with E-state index in [1.54, 1.807) is 28.5 Å². The Morgan fingerprint density at radius 3 is 2.65 bits per heavy atom. The number of hydrogen-bond donors (Lipinski definition) is 1. The highest BCUT2D eigenvalue weighted by molar-refractivity contribution is 7.12. The van der Waals surface area contributed by atoms with Crippen LogP contribution in [0.15, 0.2) is 36.5 Å². The highest BCUT2D eigenvalue weighted by atomic mass is 35.5. The maximum Gasteiger partial charge on any atom is 0.415 e. The number of carbonyl (C=O) groups is 1. The lowest BCUT2D eigenvalue weighted by Crippen LogP contribution is -2.37. The smallest absolute Gasteiger partial charge is 0.415 e. The molecule has 2 atom stereocenters. The highest BCUT2D eigenvalue weighted by Gasteiger charge is 2.37. The first-order chi connectivity index (χ1) is 14.8. The average Bonchev–Trinajstić information content (AvgIpc) is 3.32. The number of anilines is 2. The Morgan fingerprint density at radius 2 is 1.94 bits per heavy atom. The molecule has 1 aliphatic heterocycles. The van der Waals surface area contributed by atoms with E-state index < -0.39 is 0 Å². The summed E-state index contributed by atoms with van der Waals surface area (Å²) in [4.78, 5) is 28.7. The van der Waals surface area contributed by atoms with Gasteiger partial charge in [0.15, 0.2) is 0 Å². The number of hydrogen-bond acceptors (Lipinski definition) is 7. The van der Waals surface area contributed by atoms with Crippen molar-refractivity contribution < 1.29 is 9.53 Å². The lowest BCUT2D eigenvalue weighted by molar-refractivity contribution is 0.177. The molecule has 0 aliphatic carbocycles. The summed E-state index contributed by atoms with van der Waals surface area (Å²) in [7, 11) is 0. The zero-order chi connectivity index (χ0) is 22.1. The Kier molecular flexibility index (Phi) is 6.11. The zero-order valence-electron chi connectivity index (χ0n) is 17.8. The van der Waals surface area contributed by atoms with E-state index in [1.807, 2.05) is 31.2 Å². The van der Waals surface area contributed by atoms with E-state index in [0.717, 1.165) is 21.1 Å². The minimum absolute atomic E-state index is 0.0452. The maximum absolute atomic E-state index is 12.2. The Balaban J connectivity index is 1.54. The number of halogens is 1. The first-order valence-corrected chi connectivity index (χ1v) is 11.3. The van der Waals surface area contributed by atoms with Crippen LogP contribution in [0.2, 0.25) is 5.02 Å². The zero-order valence-corrected chi connectivity index (χ0v) is 19.4. The normalized spacial score (nSPS) is 17.2. The molecular formula is C22H24ClN5O2S. The summed E-state index contributed by atoms with van der Waals surface area (Å²) in [5, 5.41) is 4.94. The van der Waals surface area contributed by atoms with Gasteiger partial charge in [-0.2, -0.15) is 4.98 Å². The molecule has 1 amide bonds. The number of ether oxygens (including phenoxy) is 1. The molecule has 1 saturated heterocycles. The van der Waals surface area contributed by atoms with E-state index in [9.17, 15) is 4.79 Å². The van der Waals surface area contributed by atoms with Gasteiger partial charge in [-0.1, -0.05) is 37.6 Å². The number of cyclic esters (lactones) is 1. The molecule has 162 valence electrons. The molecule has 1 aromatic carbocycles. The quantitative estimate of drug-likeness (QED) is 0.510. The minimum atomic E-state index is -0.375. The second-order valence-corrected chi connectivity index (χ2v) is 9.50. The molecule has 1 N–H and O–H groups in total. The van der Waals surface area contributed by atoms with E-state index >= 15 is 0 Å². The molecule has 0 unspecified atom stereocenters. The van der Waals surface area contributed by atoms with Crippen LogP contribution in [0.4, 0.5) is 16.6 Å². The predicted molar refractivity (Wildman–Crippen MR) is 124 cm³/mol. The van der Waals surface area contributed by atoms with Crippen LogP contribution in [0.3, 0.4) is 0 Å². The highest BCUT2D eigenvalue weighted by Crippen LogP contribution is 2.32. The first kappa shape index (κ1) is 21.5. The second kappa shape index (κ2) is 8.80. The molecule has 1 fully saturated rings. The van der Waals surface area contributed by atoms with Crippen LogP contribution < -0.4 is 10.2 Å². The molecule has 4 rings (SSSR count). The van der Waals surface area contributed by atoms with E-state index in [2.05, 4.69) is 36.1 Å². The van der Waals surface area contributed by atoms with Crippen molar-refractivity contribution in [3.8, 4) is 11.3 Å². The third-order valence-corrected chi connectivity index (χ3v) is 6.62. The standard InChI is InChI=1S/C22H24ClN5O2S/c1-12(2)17-11-30-22(29)28(17)18-9-10-24-21(26-18)25-13(3)20-27-19(14(4)31-20)15-5-7-16(23)8-6-15/h5-10,12-13,17H,11H2,1-4H3,(H,24,25,26)/t13-,17-/m1/s1. The van der Waals surface area contributed by atoms with Crippen LogP contribution >= 0.6 is 22.9 Å². The second-order valence-electron chi connectivity index (χ2n) is 7.83. The fourth-order valence-corrected chi connectivity index (χ4v) is 4.55. The molecule has 7 nitrogen and oxygen atoms in total. The summed E-state index contributed by atoms with van der Waals surface area (Å²) in [6, 6.07) is 9.25. The first-order valence-electron chi connectivity index (χ1n) is 10.1. The minimum Gasteiger partial charge on any atom is -0.447 e. The topological polar surface area (TPSA) is 80.2 Å². The summed E-state index contributed by atoms with van der Waals surface area (Å²) in [6.07, 6.45) is 1.27. The monoisotopic (exact) mass is 457 g/mol. The van der Waals surface area contributed by atoms with Gasteiger partial charge in [0.2, 0.25) is 5.95 Å². The number of aryl methyl sites for hydroxylation is 1. The Bertz CT molecular complexity index is 1090. The van der Waals surface area contributed by atoms with Crippen molar-refractivity contribution in [1.29, 1.82) is 0 Å². The van der Waals surface area contributed by atoms with Gasteiger partial charge in [0.05, 0.1) is 17.8 Å². The number of carbonyl (C=O) groups excluding carboxylic acids is 1. The van der Waals surface area contributed by atoms with Crippen molar-refractivity contribution in [2.24, 2.45) is 5.92 Å². The number of nitrogens with one attached hydrogen (secondary N) is 1. The van der Waals surface area contributed by atoms with Crippen molar-refractivity contribution in [2.45, 2.75) is 39.8 Å². The van der Waals surface area contributed by atoms with Crippen molar-refractivity contribution in [2.75, 3.05) is 16.8 Å². The summed E-state index contributed by atoms with van der Waals surface area (Å²) in [5.74, 6) is 1.22. The molecule has 31 heavy (non-hydrogen) atoms. The fraction of sp³-hybridized carbons (Fsp3) is 0.364. The van der Waals surface area contributed by atoms with E-state index in [0.29, 0.717) is 23.4 Å². The molecule has 0 radical (unpaired) electrons. The van der Waals surface area contributed by atoms with Gasteiger partial charge >= 0.3 is 6.09 Å². The summed E-state index contributed by atoms with van der Waals surface area (Å²) < 4.78 is 5.24. The van der Waals surface area contributed by atoms with Crippen LogP contribution in [0.5, 0.6) is 0 Å². The molecular weight excluding hydrogens is 434 g/mol. The van der Waals surface area contributed by atoms with Gasteiger partial charge in [-0.05, 0) is 38.0 Å². The average molecular weight is 458 g/mol. The summed E-state index contributed by atoms with van der Waals surface area (Å²) in [6.45, 7) is 8.56. The molecule has 2 aromatic heterocycles. The SMILES string of the molecule is Cc1sc([C@@H](C)Nc2nccc(N3C(=O)OC[C@@H]3C(C)C)n2)nc1-c1ccc(Cl)cc1. The van der Waals surface area contributed by atoms with Crippen LogP contribution in [-0.4, -0.2) is 33.7 Å². The molecule has 3 aromatic rings. The van der Waals surface area contributed by atoms with Gasteiger partial charge in [0.25, 0.3) is 0 Å². The number of aromatic nitrogens is 3. The van der Waals surface area contributed by atoms with Crippen LogP contribution in [-0.2, 0) is 4.74 Å². The number of benzene rings is 1. The van der Waals surface area contributed by atoms with E-state index in [-0.39, 0.29) is 24.1 Å². The van der Waals surface area contributed by atoms with Gasteiger partial charge in [0.1, 0.15) is 17.4 Å². The number of amides is 1. The van der Waals surface area contributed by atoms with Crippen molar-refractivity contribution >= 4 is 40.8 Å². The van der Waals surface area contributed by atoms with E-state index in [4.69, 9.17) is 21.3 Å². The maximum atomic E-state index is 12.2. The lowest BCUT2D eigenvalue weighted by atomic mass is 10.0. The van der Waals surface area contributed by atoms with Crippen LogP contribution in [0, 0.1) is 12.8 Å². The van der Waals surface area contributed by atoms with Gasteiger partial charge in [-0.3, -0.25) is 4.90 Å². The van der Waals surface area contributed by atoms with Crippen molar-refractivity contribution in [3.05, 3.63) is 51.4 Å². The van der Waals surface area contributed by atoms with Crippen molar-refractivity contribution in [3.63, 3.8) is 0 Å². The molecule has 0 saturated carbocycles. The van der Waals surface area contributed by atoms with Gasteiger partial charge in [-0.15, -0.1) is 11.3 Å². The Hall–Kier alpha value is -2.71. The Morgan fingerprint density at radius 1 is 1.19 bits per heavy atom. The largest absolute Gasteiger partial charge is 0.447 e. The van der Waals surface area contributed by atoms with Crippen LogP contribution in [0.1, 0.15) is 36.7 Å². The van der Waals surface area contributed by atoms with Crippen molar-refractivity contribution in [1.82, 2.24) is 15.0 Å². The third-order valence-electron chi connectivity index (χ3n) is 5.21. The summed E-state index contributed by atoms with van der Waals surface area (Å²) >= 11 is 7.63. The van der Waals surface area contributed by atoms with Crippen LogP contribution in [0.25, 0.3) is 11.3 Å². The predicted octanol–water partition coefficient (Wildman–Crippen LogP) is 5.72. The summed E-state index contributed by atoms with van der Waals surface area (Å²) in [5.41, 5.74) is 1.97. The lowest BCUT2D eigenvalue weighted by Gasteiger charge is -2.23. The van der Waals surface area contributed by atoms with Gasteiger partial charge in [0, 0.05) is 21.7 Å². The number of nitrogens with zero attached hydrogens (tertiary/aromatic N) is 4. The fourth-order valence-electron chi connectivity index (χ4n) is 3.48. The molecule has 0 spiro atoms. The van der Waals surface area contributed by atoms with Gasteiger partial charge < -0.3 is 10.1 Å². The molecule has 3 heterocycles. The number of thiazole rings is 1.